The minimum absolute atomic E-state index is 0.0423. The second kappa shape index (κ2) is 3.21. The third-order valence-corrected chi connectivity index (χ3v) is 5.31. The van der Waals surface area contributed by atoms with Crippen LogP contribution in [0.4, 0.5) is 0 Å². The van der Waals surface area contributed by atoms with E-state index in [1.54, 1.807) is 0 Å². The average Bonchev–Trinajstić information content (AvgIpc) is 2.63. The van der Waals surface area contributed by atoms with Crippen molar-refractivity contribution in [3.8, 4) is 0 Å². The van der Waals surface area contributed by atoms with Gasteiger partial charge in [0.25, 0.3) is 0 Å². The van der Waals surface area contributed by atoms with Crippen molar-refractivity contribution in [1.29, 1.82) is 0 Å². The smallest absolute Gasteiger partial charge is 0.0695 e. The SMILES string of the molecule is CC1(C)C2CN(C3CCCCC3O)CC21. The fourth-order valence-corrected chi connectivity index (χ4v) is 3.95. The second-order valence-corrected chi connectivity index (χ2v) is 6.41. The standard InChI is InChI=1S/C13H23NO/c1-13(2)9-7-14(8-10(9)13)11-5-3-4-6-12(11)15/h9-12,15H,3-8H2,1-2H3. The first-order valence-corrected chi connectivity index (χ1v) is 6.53. The highest BCUT2D eigenvalue weighted by Gasteiger charge is 2.62. The largest absolute Gasteiger partial charge is 0.391 e. The maximum atomic E-state index is 10.0. The van der Waals surface area contributed by atoms with E-state index in [-0.39, 0.29) is 6.10 Å². The molecule has 3 rings (SSSR count). The first-order chi connectivity index (χ1) is 7.10. The highest BCUT2D eigenvalue weighted by Crippen LogP contribution is 2.62. The molecule has 2 saturated carbocycles. The van der Waals surface area contributed by atoms with Crippen molar-refractivity contribution in [3.05, 3.63) is 0 Å². The number of aliphatic hydroxyl groups excluding tert-OH is 1. The van der Waals surface area contributed by atoms with E-state index in [1.807, 2.05) is 0 Å². The van der Waals surface area contributed by atoms with Crippen LogP contribution in [0.3, 0.4) is 0 Å². The van der Waals surface area contributed by atoms with Gasteiger partial charge in [0.15, 0.2) is 0 Å². The van der Waals surface area contributed by atoms with Crippen molar-refractivity contribution in [2.45, 2.75) is 51.7 Å². The van der Waals surface area contributed by atoms with Gasteiger partial charge in [-0.2, -0.15) is 0 Å². The number of aliphatic hydroxyl groups is 1. The summed E-state index contributed by atoms with van der Waals surface area (Å²) in [7, 11) is 0. The van der Waals surface area contributed by atoms with E-state index >= 15 is 0 Å². The van der Waals surface area contributed by atoms with Crippen LogP contribution in [0.2, 0.25) is 0 Å². The molecule has 1 heterocycles. The lowest BCUT2D eigenvalue weighted by Crippen LogP contribution is -2.45. The van der Waals surface area contributed by atoms with Gasteiger partial charge in [-0.1, -0.05) is 26.7 Å². The lowest BCUT2D eigenvalue weighted by Gasteiger charge is -2.37. The molecule has 2 aliphatic carbocycles. The van der Waals surface area contributed by atoms with Crippen molar-refractivity contribution < 1.29 is 5.11 Å². The average molecular weight is 209 g/mol. The Bertz CT molecular complexity index is 249. The number of hydrogen-bond acceptors (Lipinski definition) is 2. The number of fused-ring (bicyclic) bond motifs is 1. The second-order valence-electron chi connectivity index (χ2n) is 6.41. The molecule has 0 amide bonds. The number of rotatable bonds is 1. The third kappa shape index (κ3) is 1.45. The molecular weight excluding hydrogens is 186 g/mol. The van der Waals surface area contributed by atoms with Crippen LogP contribution in [0, 0.1) is 17.3 Å². The molecule has 4 atom stereocenters. The van der Waals surface area contributed by atoms with Crippen LogP contribution in [0.25, 0.3) is 0 Å². The van der Waals surface area contributed by atoms with Crippen molar-refractivity contribution in [2.24, 2.45) is 17.3 Å². The summed E-state index contributed by atoms with van der Waals surface area (Å²) >= 11 is 0. The van der Waals surface area contributed by atoms with E-state index in [1.165, 1.54) is 32.4 Å². The molecule has 1 aliphatic heterocycles. The summed E-state index contributed by atoms with van der Waals surface area (Å²) in [6, 6.07) is 0.488. The number of likely N-dealkylation sites (tertiary alicyclic amines) is 1. The molecule has 4 unspecified atom stereocenters. The first-order valence-electron chi connectivity index (χ1n) is 6.53. The predicted octanol–water partition coefficient (Wildman–Crippen LogP) is 1.88. The molecule has 0 spiro atoms. The van der Waals surface area contributed by atoms with Gasteiger partial charge in [-0.05, 0) is 30.1 Å². The van der Waals surface area contributed by atoms with E-state index in [9.17, 15) is 5.11 Å². The summed E-state index contributed by atoms with van der Waals surface area (Å²) in [5.41, 5.74) is 0.607. The molecule has 15 heavy (non-hydrogen) atoms. The van der Waals surface area contributed by atoms with Crippen molar-refractivity contribution in [3.63, 3.8) is 0 Å². The van der Waals surface area contributed by atoms with Crippen LogP contribution in [0.5, 0.6) is 0 Å². The summed E-state index contributed by atoms with van der Waals surface area (Å²) in [6.07, 6.45) is 4.75. The summed E-state index contributed by atoms with van der Waals surface area (Å²) in [4.78, 5) is 2.57. The van der Waals surface area contributed by atoms with Crippen LogP contribution in [0.15, 0.2) is 0 Å². The Morgan fingerprint density at radius 1 is 1.07 bits per heavy atom. The van der Waals surface area contributed by atoms with Crippen molar-refractivity contribution in [1.82, 2.24) is 4.90 Å². The Morgan fingerprint density at radius 3 is 2.27 bits per heavy atom. The maximum absolute atomic E-state index is 10.0. The van der Waals surface area contributed by atoms with Gasteiger partial charge in [0.1, 0.15) is 0 Å². The zero-order chi connectivity index (χ0) is 10.6. The number of nitrogens with zero attached hydrogens (tertiary/aromatic N) is 1. The van der Waals surface area contributed by atoms with Crippen molar-refractivity contribution in [2.75, 3.05) is 13.1 Å². The number of hydrogen-bond donors (Lipinski definition) is 1. The molecule has 0 bridgehead atoms. The summed E-state index contributed by atoms with van der Waals surface area (Å²) in [5, 5.41) is 10.0. The fourth-order valence-electron chi connectivity index (χ4n) is 3.95. The lowest BCUT2D eigenvalue weighted by molar-refractivity contribution is 0.0210. The quantitative estimate of drug-likeness (QED) is 0.713. The van der Waals surface area contributed by atoms with Crippen LogP contribution in [0.1, 0.15) is 39.5 Å². The van der Waals surface area contributed by atoms with E-state index in [0.717, 1.165) is 18.3 Å². The van der Waals surface area contributed by atoms with E-state index in [0.29, 0.717) is 11.5 Å². The maximum Gasteiger partial charge on any atom is 0.0695 e. The molecule has 3 aliphatic rings. The monoisotopic (exact) mass is 209 g/mol. The van der Waals surface area contributed by atoms with Gasteiger partial charge >= 0.3 is 0 Å². The summed E-state index contributed by atoms with van der Waals surface area (Å²) < 4.78 is 0. The highest BCUT2D eigenvalue weighted by molar-refractivity contribution is 5.12. The van der Waals surface area contributed by atoms with Crippen LogP contribution in [-0.4, -0.2) is 35.2 Å². The molecule has 1 N–H and O–H groups in total. The zero-order valence-electron chi connectivity index (χ0n) is 9.95. The van der Waals surface area contributed by atoms with E-state index in [2.05, 4.69) is 18.7 Å². The van der Waals surface area contributed by atoms with Gasteiger partial charge in [-0.3, -0.25) is 4.90 Å². The molecule has 3 fully saturated rings. The van der Waals surface area contributed by atoms with Crippen LogP contribution >= 0.6 is 0 Å². The molecule has 0 aromatic carbocycles. The Kier molecular flexibility index (Phi) is 2.16. The Labute approximate surface area is 92.7 Å². The molecule has 2 heteroatoms. The van der Waals surface area contributed by atoms with E-state index in [4.69, 9.17) is 0 Å². The fraction of sp³-hybridized carbons (Fsp3) is 1.00. The normalized spacial score (nSPS) is 49.0. The van der Waals surface area contributed by atoms with Gasteiger partial charge in [-0.15, -0.1) is 0 Å². The Hall–Kier alpha value is -0.0800. The summed E-state index contributed by atoms with van der Waals surface area (Å²) in [5.74, 6) is 1.85. The van der Waals surface area contributed by atoms with Crippen LogP contribution in [-0.2, 0) is 0 Å². The van der Waals surface area contributed by atoms with Gasteiger partial charge < -0.3 is 5.11 Å². The zero-order valence-corrected chi connectivity index (χ0v) is 9.95. The minimum atomic E-state index is -0.0423. The topological polar surface area (TPSA) is 23.5 Å². The minimum Gasteiger partial charge on any atom is -0.391 e. The molecule has 0 aromatic heterocycles. The summed E-state index contributed by atoms with van der Waals surface area (Å²) in [6.45, 7) is 7.30. The Balaban J connectivity index is 1.62. The molecule has 0 radical (unpaired) electrons. The van der Waals surface area contributed by atoms with Gasteiger partial charge in [-0.25, -0.2) is 0 Å². The Morgan fingerprint density at radius 2 is 1.67 bits per heavy atom. The van der Waals surface area contributed by atoms with Gasteiger partial charge in [0.05, 0.1) is 6.10 Å². The number of piperidine rings is 1. The van der Waals surface area contributed by atoms with Gasteiger partial charge in [0, 0.05) is 19.1 Å². The first kappa shape index (κ1) is 10.1. The molecule has 1 saturated heterocycles. The highest BCUT2D eigenvalue weighted by atomic mass is 16.3. The molecule has 86 valence electrons. The molecule has 2 nitrogen and oxygen atoms in total. The molecular formula is C13H23NO. The third-order valence-electron chi connectivity index (χ3n) is 5.31. The van der Waals surface area contributed by atoms with Gasteiger partial charge in [0.2, 0.25) is 0 Å². The predicted molar refractivity (Wildman–Crippen MR) is 60.6 cm³/mol. The lowest BCUT2D eigenvalue weighted by atomic mass is 9.91. The van der Waals surface area contributed by atoms with Crippen LogP contribution < -0.4 is 0 Å². The molecule has 0 aromatic rings. The van der Waals surface area contributed by atoms with E-state index < -0.39 is 0 Å². The van der Waals surface area contributed by atoms with Crippen molar-refractivity contribution >= 4 is 0 Å².